The molecule has 0 aliphatic heterocycles. The zero-order valence-corrected chi connectivity index (χ0v) is 15.9. The van der Waals surface area contributed by atoms with Gasteiger partial charge in [-0.25, -0.2) is 13.1 Å². The highest BCUT2D eigenvalue weighted by atomic mass is 35.5. The van der Waals surface area contributed by atoms with Crippen molar-refractivity contribution in [3.8, 4) is 0 Å². The van der Waals surface area contributed by atoms with Crippen LogP contribution >= 0.6 is 11.6 Å². The van der Waals surface area contributed by atoms with E-state index in [1.54, 1.807) is 13.8 Å². The first-order valence-electron chi connectivity index (χ1n) is 7.88. The normalized spacial score (nSPS) is 12.8. The van der Waals surface area contributed by atoms with Crippen molar-refractivity contribution in [3.63, 3.8) is 0 Å². The number of halogens is 1. The number of rotatable bonds is 6. The second-order valence-corrected chi connectivity index (χ2v) is 8.14. The van der Waals surface area contributed by atoms with Crippen LogP contribution in [0.4, 0.5) is 0 Å². The zero-order valence-electron chi connectivity index (χ0n) is 14.3. The summed E-state index contributed by atoms with van der Waals surface area (Å²) in [6.07, 6.45) is 0. The van der Waals surface area contributed by atoms with Gasteiger partial charge in [-0.1, -0.05) is 41.9 Å². The van der Waals surface area contributed by atoms with Crippen molar-refractivity contribution in [3.05, 3.63) is 64.7 Å². The van der Waals surface area contributed by atoms with Gasteiger partial charge in [-0.3, -0.25) is 4.79 Å². The quantitative estimate of drug-likeness (QED) is 0.805. The summed E-state index contributed by atoms with van der Waals surface area (Å²) in [7, 11) is -3.70. The molecule has 0 aliphatic rings. The Balaban J connectivity index is 2.26. The van der Waals surface area contributed by atoms with Crippen LogP contribution in [0, 0.1) is 0 Å². The second kappa shape index (κ2) is 7.99. The van der Waals surface area contributed by atoms with E-state index in [0.717, 1.165) is 5.56 Å². The minimum atomic E-state index is -3.70. The van der Waals surface area contributed by atoms with E-state index >= 15 is 0 Å². The van der Waals surface area contributed by atoms with Crippen LogP contribution in [0.15, 0.2) is 53.4 Å². The van der Waals surface area contributed by atoms with E-state index in [9.17, 15) is 13.2 Å². The summed E-state index contributed by atoms with van der Waals surface area (Å²) in [5, 5.41) is 3.03. The molecule has 0 radical (unpaired) electrons. The van der Waals surface area contributed by atoms with Crippen LogP contribution in [0.3, 0.4) is 0 Å². The summed E-state index contributed by atoms with van der Waals surface area (Å²) in [4.78, 5) is 12.5. The first kappa shape index (κ1) is 19.4. The van der Waals surface area contributed by atoms with Crippen molar-refractivity contribution >= 4 is 27.5 Å². The van der Waals surface area contributed by atoms with Crippen LogP contribution in [0.25, 0.3) is 0 Å². The van der Waals surface area contributed by atoms with Crippen molar-refractivity contribution in [2.75, 3.05) is 0 Å². The van der Waals surface area contributed by atoms with Gasteiger partial charge in [-0.05, 0) is 44.5 Å². The Kier molecular flexibility index (Phi) is 6.21. The molecular weight excluding hydrogens is 360 g/mol. The van der Waals surface area contributed by atoms with Crippen molar-refractivity contribution in [1.82, 2.24) is 10.0 Å². The van der Waals surface area contributed by atoms with Crippen molar-refractivity contribution < 1.29 is 13.2 Å². The van der Waals surface area contributed by atoms with E-state index in [1.165, 1.54) is 18.2 Å². The Hall–Kier alpha value is -1.89. The van der Waals surface area contributed by atoms with Gasteiger partial charge in [0.05, 0.1) is 21.5 Å². The van der Waals surface area contributed by atoms with Gasteiger partial charge in [0.25, 0.3) is 5.91 Å². The topological polar surface area (TPSA) is 75.3 Å². The molecule has 2 aromatic carbocycles. The number of hydrogen-bond acceptors (Lipinski definition) is 3. The first-order chi connectivity index (χ1) is 11.7. The van der Waals surface area contributed by atoms with Gasteiger partial charge in [-0.2, -0.15) is 0 Å². The predicted octanol–water partition coefficient (Wildman–Crippen LogP) is 3.52. The number of carbonyl (C=O) groups is 1. The summed E-state index contributed by atoms with van der Waals surface area (Å²) in [6.45, 7) is 5.30. The molecule has 0 aromatic heterocycles. The SMILES string of the molecule is CC(C)NS(=O)(=O)c1ccc(Cl)c(C(=O)NC(C)c2ccccc2)c1. The number of sulfonamides is 1. The average Bonchev–Trinajstić information content (AvgIpc) is 2.54. The third kappa shape index (κ3) is 5.04. The Morgan fingerprint density at radius 2 is 1.68 bits per heavy atom. The van der Waals surface area contributed by atoms with Crippen LogP contribution < -0.4 is 10.0 Å². The maximum absolute atomic E-state index is 12.5. The molecule has 0 saturated carbocycles. The number of benzene rings is 2. The molecule has 0 fully saturated rings. The van der Waals surface area contributed by atoms with Crippen LogP contribution in [0.5, 0.6) is 0 Å². The van der Waals surface area contributed by atoms with E-state index in [0.29, 0.717) is 0 Å². The van der Waals surface area contributed by atoms with Gasteiger partial charge < -0.3 is 5.32 Å². The Bertz CT molecular complexity index is 852. The van der Waals surface area contributed by atoms with Gasteiger partial charge in [-0.15, -0.1) is 0 Å². The fraction of sp³-hybridized carbons (Fsp3) is 0.278. The molecule has 0 bridgehead atoms. The molecule has 2 aromatic rings. The van der Waals surface area contributed by atoms with E-state index in [1.807, 2.05) is 37.3 Å². The van der Waals surface area contributed by atoms with Gasteiger partial charge in [0.15, 0.2) is 0 Å². The molecule has 1 unspecified atom stereocenters. The third-order valence-corrected chi connectivity index (χ3v) is 5.52. The van der Waals surface area contributed by atoms with E-state index < -0.39 is 15.9 Å². The number of amides is 1. The van der Waals surface area contributed by atoms with Gasteiger partial charge >= 0.3 is 0 Å². The maximum Gasteiger partial charge on any atom is 0.253 e. The fourth-order valence-electron chi connectivity index (χ4n) is 2.32. The van der Waals surface area contributed by atoms with Gasteiger partial charge in [0.2, 0.25) is 10.0 Å². The van der Waals surface area contributed by atoms with Gasteiger partial charge in [0.1, 0.15) is 0 Å². The molecule has 0 spiro atoms. The molecule has 2 N–H and O–H groups in total. The molecule has 25 heavy (non-hydrogen) atoms. The molecule has 0 saturated heterocycles. The molecule has 0 aliphatic carbocycles. The van der Waals surface area contributed by atoms with E-state index in [4.69, 9.17) is 11.6 Å². The monoisotopic (exact) mass is 380 g/mol. The van der Waals surface area contributed by atoms with Crippen molar-refractivity contribution in [2.45, 2.75) is 37.8 Å². The predicted molar refractivity (Wildman–Crippen MR) is 99.2 cm³/mol. The van der Waals surface area contributed by atoms with E-state index in [2.05, 4.69) is 10.0 Å². The smallest absolute Gasteiger partial charge is 0.253 e. The number of hydrogen-bond donors (Lipinski definition) is 2. The lowest BCUT2D eigenvalue weighted by atomic mass is 10.1. The standard InChI is InChI=1S/C18H21ClN2O3S/c1-12(2)21-25(23,24)15-9-10-17(19)16(11-15)18(22)20-13(3)14-7-5-4-6-8-14/h4-13,21H,1-3H3,(H,20,22). The number of carbonyl (C=O) groups excluding carboxylic acids is 1. The zero-order chi connectivity index (χ0) is 18.6. The molecule has 2 rings (SSSR count). The fourth-order valence-corrected chi connectivity index (χ4v) is 3.80. The van der Waals surface area contributed by atoms with Crippen LogP contribution in [-0.2, 0) is 10.0 Å². The maximum atomic E-state index is 12.5. The van der Waals surface area contributed by atoms with Crippen LogP contribution in [0.1, 0.15) is 42.7 Å². The highest BCUT2D eigenvalue weighted by Gasteiger charge is 2.20. The molecule has 1 atom stereocenters. The molecule has 1 amide bonds. The second-order valence-electron chi connectivity index (χ2n) is 6.02. The third-order valence-electron chi connectivity index (χ3n) is 3.53. The van der Waals surface area contributed by atoms with E-state index in [-0.39, 0.29) is 27.6 Å². The Morgan fingerprint density at radius 3 is 2.28 bits per heavy atom. The molecule has 7 heteroatoms. The lowest BCUT2D eigenvalue weighted by molar-refractivity contribution is 0.0940. The van der Waals surface area contributed by atoms with Crippen LogP contribution in [-0.4, -0.2) is 20.4 Å². The minimum Gasteiger partial charge on any atom is -0.345 e. The highest BCUT2D eigenvalue weighted by Crippen LogP contribution is 2.22. The molecule has 5 nitrogen and oxygen atoms in total. The highest BCUT2D eigenvalue weighted by molar-refractivity contribution is 7.89. The van der Waals surface area contributed by atoms with Crippen molar-refractivity contribution in [1.29, 1.82) is 0 Å². The summed E-state index contributed by atoms with van der Waals surface area (Å²) in [5.41, 5.74) is 1.06. The van der Waals surface area contributed by atoms with Crippen molar-refractivity contribution in [2.24, 2.45) is 0 Å². The summed E-state index contributed by atoms with van der Waals surface area (Å²) in [5.74, 6) is -0.428. The molecule has 0 heterocycles. The first-order valence-corrected chi connectivity index (χ1v) is 9.74. The molecular formula is C18H21ClN2O3S. The Morgan fingerprint density at radius 1 is 1.04 bits per heavy atom. The van der Waals surface area contributed by atoms with Crippen LogP contribution in [0.2, 0.25) is 5.02 Å². The summed E-state index contributed by atoms with van der Waals surface area (Å²) >= 11 is 6.10. The average molecular weight is 381 g/mol. The lowest BCUT2D eigenvalue weighted by Gasteiger charge is -2.16. The van der Waals surface area contributed by atoms with Gasteiger partial charge in [0, 0.05) is 6.04 Å². The minimum absolute atomic E-state index is 0.00288. The Labute approximate surface area is 153 Å². The number of nitrogens with one attached hydrogen (secondary N) is 2. The summed E-state index contributed by atoms with van der Waals surface area (Å²) in [6, 6.07) is 13.1. The summed E-state index contributed by atoms with van der Waals surface area (Å²) < 4.78 is 27.1. The molecule has 134 valence electrons. The largest absolute Gasteiger partial charge is 0.345 e. The lowest BCUT2D eigenvalue weighted by Crippen LogP contribution is -2.31.